The summed E-state index contributed by atoms with van der Waals surface area (Å²) in [6.45, 7) is 2.45. The van der Waals surface area contributed by atoms with Crippen LogP contribution in [0.2, 0.25) is 5.02 Å². The van der Waals surface area contributed by atoms with Crippen molar-refractivity contribution in [3.63, 3.8) is 0 Å². The molecule has 3 aromatic carbocycles. The van der Waals surface area contributed by atoms with E-state index in [9.17, 15) is 10.1 Å². The van der Waals surface area contributed by atoms with Gasteiger partial charge in [-0.1, -0.05) is 67.3 Å². The lowest BCUT2D eigenvalue weighted by Crippen LogP contribution is -2.42. The zero-order valence-electron chi connectivity index (χ0n) is 23.6. The van der Waals surface area contributed by atoms with Crippen LogP contribution in [-0.4, -0.2) is 24.4 Å². The average Bonchev–Trinajstić information content (AvgIpc) is 3.03. The number of nitrogens with zero attached hydrogens (tertiary/aromatic N) is 5. The van der Waals surface area contributed by atoms with Gasteiger partial charge < -0.3 is 16.0 Å². The Morgan fingerprint density at radius 1 is 1.07 bits per heavy atom. The maximum Gasteiger partial charge on any atom is 0.280 e. The predicted molar refractivity (Wildman–Crippen MR) is 167 cm³/mol. The van der Waals surface area contributed by atoms with Crippen molar-refractivity contribution in [1.29, 1.82) is 10.8 Å². The highest BCUT2D eigenvalue weighted by atomic mass is 35.5. The van der Waals surface area contributed by atoms with E-state index < -0.39 is 11.9 Å². The molecule has 0 heterocycles. The van der Waals surface area contributed by atoms with Crippen molar-refractivity contribution in [2.24, 2.45) is 20.8 Å². The number of carbonyl (C=O) groups is 1. The van der Waals surface area contributed by atoms with E-state index in [2.05, 4.69) is 50.8 Å². The molecule has 0 aromatic heterocycles. The number of halogens is 1. The summed E-state index contributed by atoms with van der Waals surface area (Å²) in [7, 11) is 0. The molecule has 1 aliphatic carbocycles. The smallest absolute Gasteiger partial charge is 0.280 e. The topological polar surface area (TPSA) is 143 Å². The largest absolute Gasteiger partial charge is 0.366 e. The molecular weight excluding hydrogens is 548 g/mol. The monoisotopic (exact) mass is 582 g/mol. The zero-order valence-corrected chi connectivity index (χ0v) is 24.4. The molecule has 1 fully saturated rings. The molecule has 0 bridgehead atoms. The van der Waals surface area contributed by atoms with E-state index in [1.165, 1.54) is 37.7 Å². The number of guanidine groups is 2. The van der Waals surface area contributed by atoms with Gasteiger partial charge in [0.05, 0.1) is 18.7 Å². The van der Waals surface area contributed by atoms with Crippen molar-refractivity contribution in [3.05, 3.63) is 100 Å². The van der Waals surface area contributed by atoms with Crippen LogP contribution in [-0.2, 0) is 6.54 Å². The van der Waals surface area contributed by atoms with Gasteiger partial charge in [-0.15, -0.1) is 5.11 Å². The first-order valence-electron chi connectivity index (χ1n) is 14.0. The number of anilines is 1. The summed E-state index contributed by atoms with van der Waals surface area (Å²) in [6.07, 6.45) is 6.28. The molecule has 42 heavy (non-hydrogen) atoms. The van der Waals surface area contributed by atoms with Crippen molar-refractivity contribution < 1.29 is 4.79 Å². The summed E-state index contributed by atoms with van der Waals surface area (Å²) < 4.78 is 0. The number of amides is 1. The Labute approximate surface area is 251 Å². The zero-order chi connectivity index (χ0) is 29.9. The summed E-state index contributed by atoms with van der Waals surface area (Å²) in [6, 6.07) is 25.3. The molecule has 1 aliphatic rings. The molecule has 1 saturated carbocycles. The maximum atomic E-state index is 12.3. The quantitative estimate of drug-likeness (QED) is 0.112. The Bertz CT molecular complexity index is 1450. The lowest BCUT2D eigenvalue weighted by Gasteiger charge is -2.30. The van der Waals surface area contributed by atoms with Gasteiger partial charge in [-0.3, -0.25) is 4.79 Å². The van der Waals surface area contributed by atoms with Crippen LogP contribution in [0, 0.1) is 16.9 Å². The molecular formula is C32H35ClN8O. The molecule has 0 radical (unpaired) electrons. The second-order valence-electron chi connectivity index (χ2n) is 10.3. The minimum atomic E-state index is -0.570. The number of aliphatic imine (C=N–C) groups is 2. The standard InChI is InChI=1S/C32H35ClN8O/c1-22(24-11-15-28(33)16-12-24)38-32(37-20-19-34)41(29-17-13-26(14-18-29)25-5-3-2-4-6-25)21-23-7-9-27(10-8-23)30(42)39-31(35)40-36/h7-18,22,25,36H,2-6,20-21H2,1H3,(H,37,38)(H2,35,39,42). The third-order valence-corrected chi connectivity index (χ3v) is 7.68. The number of nitrogens with one attached hydrogen (secondary N) is 2. The van der Waals surface area contributed by atoms with Gasteiger partial charge in [-0.2, -0.15) is 10.3 Å². The molecule has 0 aliphatic heterocycles. The van der Waals surface area contributed by atoms with Gasteiger partial charge in [0.1, 0.15) is 6.54 Å². The van der Waals surface area contributed by atoms with Crippen LogP contribution in [0.15, 0.2) is 87.9 Å². The minimum Gasteiger partial charge on any atom is -0.366 e. The molecule has 1 amide bonds. The third-order valence-electron chi connectivity index (χ3n) is 7.42. The Morgan fingerprint density at radius 2 is 1.74 bits per heavy atom. The molecule has 4 N–H and O–H groups in total. The highest BCUT2D eigenvalue weighted by Gasteiger charge is 2.20. The number of hydrogen-bond acceptors (Lipinski definition) is 4. The fourth-order valence-corrected chi connectivity index (χ4v) is 5.25. The van der Waals surface area contributed by atoms with Crippen molar-refractivity contribution in [1.82, 2.24) is 5.32 Å². The van der Waals surface area contributed by atoms with Gasteiger partial charge in [-0.05, 0) is 78.8 Å². The Morgan fingerprint density at radius 3 is 2.36 bits per heavy atom. The molecule has 0 spiro atoms. The Kier molecular flexibility index (Phi) is 10.8. The lowest BCUT2D eigenvalue weighted by molar-refractivity contribution is 0.100. The fourth-order valence-electron chi connectivity index (χ4n) is 5.13. The van der Waals surface area contributed by atoms with Gasteiger partial charge in [0, 0.05) is 16.3 Å². The molecule has 3 aromatic rings. The van der Waals surface area contributed by atoms with E-state index in [1.54, 1.807) is 12.1 Å². The average molecular weight is 583 g/mol. The van der Waals surface area contributed by atoms with E-state index in [0.717, 1.165) is 16.8 Å². The Hall–Kier alpha value is -4.55. The number of rotatable bonds is 8. The van der Waals surface area contributed by atoms with E-state index >= 15 is 0 Å². The van der Waals surface area contributed by atoms with Crippen LogP contribution in [0.5, 0.6) is 0 Å². The number of hydrogen-bond donors (Lipinski definition) is 3. The van der Waals surface area contributed by atoms with E-state index in [0.29, 0.717) is 29.0 Å². The van der Waals surface area contributed by atoms with E-state index in [1.807, 2.05) is 48.2 Å². The molecule has 1 atom stereocenters. The second-order valence-corrected chi connectivity index (χ2v) is 10.7. The summed E-state index contributed by atoms with van der Waals surface area (Å²) in [5, 5.41) is 16.5. The van der Waals surface area contributed by atoms with E-state index in [-0.39, 0.29) is 12.6 Å². The maximum absolute atomic E-state index is 12.3. The lowest BCUT2D eigenvalue weighted by atomic mass is 9.84. The normalized spacial score (nSPS) is 15.0. The first-order chi connectivity index (χ1) is 20.4. The third kappa shape index (κ3) is 8.24. The second kappa shape index (κ2) is 14.9. The molecule has 1 unspecified atom stereocenters. The molecule has 10 heteroatoms. The van der Waals surface area contributed by atoms with Crippen LogP contribution in [0.3, 0.4) is 0 Å². The predicted octanol–water partition coefficient (Wildman–Crippen LogP) is 7.11. The van der Waals surface area contributed by atoms with E-state index in [4.69, 9.17) is 22.9 Å². The number of nitriles is 1. The summed E-state index contributed by atoms with van der Waals surface area (Å²) in [4.78, 5) is 22.6. The van der Waals surface area contributed by atoms with Crippen molar-refractivity contribution in [2.75, 3.05) is 11.4 Å². The first-order valence-corrected chi connectivity index (χ1v) is 14.4. The van der Waals surface area contributed by atoms with Gasteiger partial charge in [0.25, 0.3) is 5.91 Å². The van der Waals surface area contributed by atoms with Crippen LogP contribution in [0.1, 0.15) is 78.0 Å². The van der Waals surface area contributed by atoms with Crippen molar-refractivity contribution >= 4 is 35.1 Å². The van der Waals surface area contributed by atoms with Crippen LogP contribution in [0.25, 0.3) is 0 Å². The van der Waals surface area contributed by atoms with Gasteiger partial charge in [0.15, 0.2) is 5.96 Å². The molecule has 9 nitrogen and oxygen atoms in total. The number of benzene rings is 3. The van der Waals surface area contributed by atoms with Gasteiger partial charge in [0.2, 0.25) is 5.96 Å². The highest BCUT2D eigenvalue weighted by Crippen LogP contribution is 2.33. The Balaban J connectivity index is 1.65. The molecule has 4 rings (SSSR count). The molecule has 0 saturated heterocycles. The fraction of sp³-hybridized carbons (Fsp3) is 0.312. The first kappa shape index (κ1) is 30.4. The van der Waals surface area contributed by atoms with Crippen LogP contribution >= 0.6 is 11.6 Å². The van der Waals surface area contributed by atoms with Crippen LogP contribution in [0.4, 0.5) is 5.69 Å². The minimum absolute atomic E-state index is 0.0136. The number of nitrogens with two attached hydrogens (primary N) is 1. The highest BCUT2D eigenvalue weighted by molar-refractivity contribution is 6.30. The van der Waals surface area contributed by atoms with Gasteiger partial charge in [-0.25, -0.2) is 10.5 Å². The van der Waals surface area contributed by atoms with Crippen molar-refractivity contribution in [3.8, 4) is 6.07 Å². The van der Waals surface area contributed by atoms with Crippen molar-refractivity contribution in [2.45, 2.75) is 57.5 Å². The number of carbonyl (C=O) groups excluding carboxylic acids is 1. The summed E-state index contributed by atoms with van der Waals surface area (Å²) in [5.74, 6) is 0.172. The SMILES string of the molecule is CC(NC(=NCC#N)N(Cc1ccc(C(=O)N=C(N)N=N)cc1)c1ccc(C2CCCCC2)cc1)c1ccc(Cl)cc1. The summed E-state index contributed by atoms with van der Waals surface area (Å²) in [5.41, 5.74) is 16.9. The summed E-state index contributed by atoms with van der Waals surface area (Å²) >= 11 is 6.11. The van der Waals surface area contributed by atoms with Crippen LogP contribution < -0.4 is 16.0 Å². The van der Waals surface area contributed by atoms with Gasteiger partial charge >= 0.3 is 0 Å². The molecule has 216 valence electrons.